The first-order chi connectivity index (χ1) is 7.95. The van der Waals surface area contributed by atoms with Crippen molar-refractivity contribution >= 4 is 27.8 Å². The summed E-state index contributed by atoms with van der Waals surface area (Å²) in [5.74, 6) is -2.12. The summed E-state index contributed by atoms with van der Waals surface area (Å²) >= 11 is 3.05. The van der Waals surface area contributed by atoms with E-state index in [-0.39, 0.29) is 16.5 Å². The van der Waals surface area contributed by atoms with Crippen LogP contribution in [-0.4, -0.2) is 23.0 Å². The van der Waals surface area contributed by atoms with Gasteiger partial charge in [0, 0.05) is 4.47 Å². The van der Waals surface area contributed by atoms with E-state index in [0.29, 0.717) is 0 Å². The maximum absolute atomic E-state index is 12.8. The van der Waals surface area contributed by atoms with Gasteiger partial charge in [-0.25, -0.2) is 9.18 Å². The van der Waals surface area contributed by atoms with Gasteiger partial charge in [0.25, 0.3) is 5.91 Å². The molecule has 0 aliphatic rings. The van der Waals surface area contributed by atoms with Gasteiger partial charge in [0.05, 0.1) is 5.56 Å². The molecule has 6 heteroatoms. The van der Waals surface area contributed by atoms with E-state index in [1.807, 2.05) is 0 Å². The fourth-order valence-corrected chi connectivity index (χ4v) is 1.78. The largest absolute Gasteiger partial charge is 0.480 e. The van der Waals surface area contributed by atoms with E-state index in [1.54, 1.807) is 6.92 Å². The third-order valence-electron chi connectivity index (χ3n) is 2.19. The predicted molar refractivity (Wildman–Crippen MR) is 63.3 cm³/mol. The molecule has 92 valence electrons. The highest BCUT2D eigenvalue weighted by atomic mass is 79.9. The number of rotatable bonds is 4. The summed E-state index contributed by atoms with van der Waals surface area (Å²) in [6.45, 7) is 1.65. The number of hydrogen-bond acceptors (Lipinski definition) is 2. The van der Waals surface area contributed by atoms with Gasteiger partial charge in [-0.3, -0.25) is 4.79 Å². The molecule has 2 N–H and O–H groups in total. The van der Waals surface area contributed by atoms with Crippen molar-refractivity contribution in [3.05, 3.63) is 34.1 Å². The number of benzene rings is 1. The van der Waals surface area contributed by atoms with Crippen molar-refractivity contribution in [3.8, 4) is 0 Å². The first-order valence-corrected chi connectivity index (χ1v) is 5.73. The second kappa shape index (κ2) is 5.77. The summed E-state index contributed by atoms with van der Waals surface area (Å²) in [5.41, 5.74) is 0.200. The molecule has 0 bridgehead atoms. The van der Waals surface area contributed by atoms with Crippen molar-refractivity contribution in [1.29, 1.82) is 0 Å². The molecule has 1 rings (SSSR count). The summed E-state index contributed by atoms with van der Waals surface area (Å²) in [6, 6.07) is 2.64. The monoisotopic (exact) mass is 303 g/mol. The molecule has 0 unspecified atom stereocenters. The number of hydrogen-bond donors (Lipinski definition) is 2. The van der Waals surface area contributed by atoms with Crippen molar-refractivity contribution in [2.45, 2.75) is 19.4 Å². The molecule has 17 heavy (non-hydrogen) atoms. The molecule has 0 aliphatic carbocycles. The Hall–Kier alpha value is -1.43. The Morgan fingerprint density at radius 2 is 2.18 bits per heavy atom. The number of carbonyl (C=O) groups excluding carboxylic acids is 1. The minimum Gasteiger partial charge on any atom is -0.480 e. The lowest BCUT2D eigenvalue weighted by atomic mass is 10.1. The predicted octanol–water partition coefficient (Wildman–Crippen LogP) is 2.18. The van der Waals surface area contributed by atoms with Crippen LogP contribution in [0, 0.1) is 5.82 Å². The fraction of sp³-hybridized carbons (Fsp3) is 0.273. The van der Waals surface area contributed by atoms with Gasteiger partial charge in [-0.1, -0.05) is 6.92 Å². The van der Waals surface area contributed by atoms with Crippen molar-refractivity contribution in [1.82, 2.24) is 5.32 Å². The Morgan fingerprint density at radius 1 is 1.53 bits per heavy atom. The number of amides is 1. The van der Waals surface area contributed by atoms with Crippen LogP contribution in [0.25, 0.3) is 0 Å². The van der Waals surface area contributed by atoms with E-state index in [0.717, 1.165) is 12.1 Å². The molecule has 0 radical (unpaired) electrons. The van der Waals surface area contributed by atoms with Crippen LogP contribution in [-0.2, 0) is 4.79 Å². The summed E-state index contributed by atoms with van der Waals surface area (Å²) < 4.78 is 13.1. The number of aliphatic carboxylic acids is 1. The summed E-state index contributed by atoms with van der Waals surface area (Å²) in [4.78, 5) is 22.5. The van der Waals surface area contributed by atoms with Crippen molar-refractivity contribution in [2.24, 2.45) is 0 Å². The maximum Gasteiger partial charge on any atom is 0.326 e. The number of carboxylic acid groups (broad SMARTS) is 1. The van der Waals surface area contributed by atoms with Gasteiger partial charge >= 0.3 is 5.97 Å². The van der Waals surface area contributed by atoms with Crippen LogP contribution in [0.4, 0.5) is 4.39 Å². The average molecular weight is 304 g/mol. The number of carbonyl (C=O) groups is 2. The zero-order valence-electron chi connectivity index (χ0n) is 9.04. The normalized spacial score (nSPS) is 11.9. The number of carboxylic acids is 1. The summed E-state index contributed by atoms with van der Waals surface area (Å²) in [6.07, 6.45) is 0.278. The smallest absolute Gasteiger partial charge is 0.326 e. The molecule has 4 nitrogen and oxygen atoms in total. The Bertz CT molecular complexity index is 450. The zero-order valence-corrected chi connectivity index (χ0v) is 10.6. The van der Waals surface area contributed by atoms with Gasteiger partial charge < -0.3 is 10.4 Å². The molecular weight excluding hydrogens is 293 g/mol. The first-order valence-electron chi connectivity index (χ1n) is 4.94. The van der Waals surface area contributed by atoms with E-state index in [9.17, 15) is 14.0 Å². The number of nitrogens with one attached hydrogen (secondary N) is 1. The minimum atomic E-state index is -1.10. The van der Waals surface area contributed by atoms with Crippen LogP contribution in [0.3, 0.4) is 0 Å². The van der Waals surface area contributed by atoms with Crippen LogP contribution in [0.1, 0.15) is 23.7 Å². The molecule has 0 saturated heterocycles. The van der Waals surface area contributed by atoms with E-state index in [2.05, 4.69) is 21.2 Å². The molecule has 0 saturated carbocycles. The Balaban J connectivity index is 2.86. The van der Waals surface area contributed by atoms with Crippen LogP contribution < -0.4 is 5.32 Å². The molecule has 0 aromatic heterocycles. The molecule has 1 aromatic rings. The van der Waals surface area contributed by atoms with Crippen LogP contribution in [0.15, 0.2) is 22.7 Å². The van der Waals surface area contributed by atoms with Gasteiger partial charge in [-0.2, -0.15) is 0 Å². The van der Waals surface area contributed by atoms with E-state index < -0.39 is 23.7 Å². The standard InChI is InChI=1S/C11H11BrFNO3/c1-2-9(11(16)17)14-10(15)7-4-3-6(13)5-8(7)12/h3-5,9H,2H2,1H3,(H,14,15)(H,16,17)/t9-/m1/s1. The van der Waals surface area contributed by atoms with E-state index >= 15 is 0 Å². The van der Waals surface area contributed by atoms with Crippen LogP contribution in [0.5, 0.6) is 0 Å². The van der Waals surface area contributed by atoms with Crippen LogP contribution >= 0.6 is 15.9 Å². The van der Waals surface area contributed by atoms with Gasteiger partial charge in [0.2, 0.25) is 0 Å². The van der Waals surface area contributed by atoms with Gasteiger partial charge in [0.15, 0.2) is 0 Å². The molecule has 1 amide bonds. The number of halogens is 2. The highest BCUT2D eigenvalue weighted by Crippen LogP contribution is 2.18. The second-order valence-electron chi connectivity index (χ2n) is 3.40. The van der Waals surface area contributed by atoms with Gasteiger partial charge in [0.1, 0.15) is 11.9 Å². The quantitative estimate of drug-likeness (QED) is 0.896. The lowest BCUT2D eigenvalue weighted by Crippen LogP contribution is -2.40. The summed E-state index contributed by atoms with van der Waals surface area (Å²) in [5, 5.41) is 11.1. The summed E-state index contributed by atoms with van der Waals surface area (Å²) in [7, 11) is 0. The van der Waals surface area contributed by atoms with Gasteiger partial charge in [-0.15, -0.1) is 0 Å². The minimum absolute atomic E-state index is 0.200. The highest BCUT2D eigenvalue weighted by molar-refractivity contribution is 9.10. The Morgan fingerprint density at radius 3 is 2.65 bits per heavy atom. The third kappa shape index (κ3) is 3.52. The average Bonchev–Trinajstić information content (AvgIpc) is 2.24. The van der Waals surface area contributed by atoms with E-state index in [1.165, 1.54) is 6.07 Å². The molecule has 0 heterocycles. The highest BCUT2D eigenvalue weighted by Gasteiger charge is 2.19. The Kier molecular flexibility index (Phi) is 4.62. The van der Waals surface area contributed by atoms with Crippen LogP contribution in [0.2, 0.25) is 0 Å². The second-order valence-corrected chi connectivity index (χ2v) is 4.25. The molecule has 0 fully saturated rings. The molecule has 0 aliphatic heterocycles. The van der Waals surface area contributed by atoms with Crippen molar-refractivity contribution in [2.75, 3.05) is 0 Å². The van der Waals surface area contributed by atoms with Crippen molar-refractivity contribution < 1.29 is 19.1 Å². The Labute approximate surface area is 106 Å². The topological polar surface area (TPSA) is 66.4 Å². The SMILES string of the molecule is CC[C@@H](NC(=O)c1ccc(F)cc1Br)C(=O)O. The molecular formula is C11H11BrFNO3. The maximum atomic E-state index is 12.8. The van der Waals surface area contributed by atoms with Crippen molar-refractivity contribution in [3.63, 3.8) is 0 Å². The fourth-order valence-electron chi connectivity index (χ4n) is 1.25. The lowest BCUT2D eigenvalue weighted by Gasteiger charge is -2.12. The molecule has 0 spiro atoms. The van der Waals surface area contributed by atoms with Gasteiger partial charge in [-0.05, 0) is 40.5 Å². The molecule has 1 aromatic carbocycles. The first kappa shape index (κ1) is 13.6. The molecule has 1 atom stereocenters. The van der Waals surface area contributed by atoms with E-state index in [4.69, 9.17) is 5.11 Å². The lowest BCUT2D eigenvalue weighted by molar-refractivity contribution is -0.139. The third-order valence-corrected chi connectivity index (χ3v) is 2.84. The zero-order chi connectivity index (χ0) is 13.0.